The Morgan fingerprint density at radius 3 is 2.37 bits per heavy atom. The van der Waals surface area contributed by atoms with Crippen LogP contribution in [0.15, 0.2) is 29.0 Å². The summed E-state index contributed by atoms with van der Waals surface area (Å²) in [6.07, 6.45) is 4.38. The van der Waals surface area contributed by atoms with Crippen LogP contribution in [-0.2, 0) is 4.74 Å². The monoisotopic (exact) mass is 265 g/mol. The van der Waals surface area contributed by atoms with E-state index in [2.05, 4.69) is 32.3 Å². The Hall–Kier alpha value is -1.58. The van der Waals surface area contributed by atoms with Crippen molar-refractivity contribution in [2.75, 3.05) is 7.11 Å². The van der Waals surface area contributed by atoms with E-state index in [0.717, 1.165) is 0 Å². The average molecular weight is 265 g/mol. The maximum Gasteiger partial charge on any atom is 0.231 e. The Kier molecular flexibility index (Phi) is 7.80. The van der Waals surface area contributed by atoms with Crippen LogP contribution in [-0.4, -0.2) is 19.2 Å². The molecule has 0 aromatic carbocycles. The summed E-state index contributed by atoms with van der Waals surface area (Å²) in [5.74, 6) is 1.24. The number of ether oxygens (including phenoxy) is 1. The van der Waals surface area contributed by atoms with E-state index >= 15 is 0 Å². The van der Waals surface area contributed by atoms with E-state index < -0.39 is 0 Å². The van der Waals surface area contributed by atoms with Gasteiger partial charge in [0.25, 0.3) is 0 Å². The number of nitrogens with two attached hydrogens (primary N) is 1. The normalized spacial score (nSPS) is 16.1. The van der Waals surface area contributed by atoms with Crippen molar-refractivity contribution >= 4 is 12.1 Å². The fraction of sp³-hybridized carbons (Fsp3) is 0.600. The molecule has 108 valence electrons. The Morgan fingerprint density at radius 1 is 1.42 bits per heavy atom. The number of hydrogen-bond donors (Lipinski definition) is 2. The molecule has 0 rings (SSSR count). The van der Waals surface area contributed by atoms with Crippen LogP contribution in [0.1, 0.15) is 34.1 Å². The first-order valence-corrected chi connectivity index (χ1v) is 6.61. The maximum absolute atomic E-state index is 7.63. The second-order valence-electron chi connectivity index (χ2n) is 5.02. The number of aliphatic imine (C=N–C) groups is 1. The molecule has 0 spiro atoms. The molecule has 0 amide bonds. The highest BCUT2D eigenvalue weighted by atomic mass is 16.5. The summed E-state index contributed by atoms with van der Waals surface area (Å²) in [5, 5.41) is 7.63. The van der Waals surface area contributed by atoms with E-state index in [9.17, 15) is 0 Å². The van der Waals surface area contributed by atoms with E-state index in [4.69, 9.17) is 15.9 Å². The molecule has 0 fully saturated rings. The fourth-order valence-corrected chi connectivity index (χ4v) is 2.23. The van der Waals surface area contributed by atoms with E-state index in [1.165, 1.54) is 7.11 Å². The summed E-state index contributed by atoms with van der Waals surface area (Å²) >= 11 is 0. The molecule has 0 radical (unpaired) electrons. The van der Waals surface area contributed by atoms with Crippen molar-refractivity contribution < 1.29 is 4.74 Å². The molecular formula is C15H27N3O. The van der Waals surface area contributed by atoms with Crippen molar-refractivity contribution in [2.45, 2.75) is 34.1 Å². The number of hydrogen-bond acceptors (Lipinski definition) is 4. The van der Waals surface area contributed by atoms with Crippen LogP contribution in [0, 0.1) is 23.2 Å². The lowest BCUT2D eigenvalue weighted by Crippen LogP contribution is -2.19. The van der Waals surface area contributed by atoms with E-state index in [0.29, 0.717) is 35.6 Å². The molecule has 2 unspecified atom stereocenters. The van der Waals surface area contributed by atoms with Gasteiger partial charge in [-0.25, -0.2) is 0 Å². The van der Waals surface area contributed by atoms with Gasteiger partial charge in [0.2, 0.25) is 5.90 Å². The molecule has 3 N–H and O–H groups in total. The van der Waals surface area contributed by atoms with Crippen LogP contribution in [0.3, 0.4) is 0 Å². The maximum atomic E-state index is 7.63. The molecule has 0 aliphatic heterocycles. The molecular weight excluding hydrogens is 238 g/mol. The first kappa shape index (κ1) is 17.4. The first-order valence-electron chi connectivity index (χ1n) is 6.61. The molecule has 0 saturated carbocycles. The Morgan fingerprint density at radius 2 is 2.00 bits per heavy atom. The topological polar surface area (TPSA) is 71.5 Å². The molecule has 0 aliphatic carbocycles. The minimum Gasteiger partial charge on any atom is -0.480 e. The lowest BCUT2D eigenvalue weighted by atomic mass is 9.82. The van der Waals surface area contributed by atoms with E-state index in [1.807, 2.05) is 13.0 Å². The van der Waals surface area contributed by atoms with Gasteiger partial charge < -0.3 is 10.5 Å². The summed E-state index contributed by atoms with van der Waals surface area (Å²) in [7, 11) is 1.44. The number of nitrogens with one attached hydrogen (secondary N) is 1. The van der Waals surface area contributed by atoms with E-state index in [1.54, 1.807) is 6.21 Å². The van der Waals surface area contributed by atoms with Gasteiger partial charge in [-0.05, 0) is 31.1 Å². The van der Waals surface area contributed by atoms with Crippen molar-refractivity contribution in [3.8, 4) is 0 Å². The third kappa shape index (κ3) is 5.28. The van der Waals surface area contributed by atoms with Gasteiger partial charge in [0.05, 0.1) is 12.8 Å². The van der Waals surface area contributed by atoms with E-state index in [-0.39, 0.29) is 5.90 Å². The van der Waals surface area contributed by atoms with Crippen molar-refractivity contribution in [1.82, 2.24) is 0 Å². The highest BCUT2D eigenvalue weighted by Gasteiger charge is 2.20. The second-order valence-corrected chi connectivity index (χ2v) is 5.02. The van der Waals surface area contributed by atoms with Crippen molar-refractivity contribution in [3.63, 3.8) is 0 Å². The summed E-state index contributed by atoms with van der Waals surface area (Å²) in [5.41, 5.74) is 6.92. The molecule has 4 heteroatoms. The number of allylic oxidation sites excluding steroid dienone is 2. The molecule has 0 aromatic rings. The van der Waals surface area contributed by atoms with Gasteiger partial charge in [-0.3, -0.25) is 10.4 Å². The number of rotatable bonds is 7. The lowest BCUT2D eigenvalue weighted by molar-refractivity contribution is 0.330. The average Bonchev–Trinajstić information content (AvgIpc) is 2.36. The first-order chi connectivity index (χ1) is 8.88. The smallest absolute Gasteiger partial charge is 0.231 e. The minimum atomic E-state index is -0.0347. The summed E-state index contributed by atoms with van der Waals surface area (Å²) < 4.78 is 4.86. The largest absolute Gasteiger partial charge is 0.480 e. The predicted octanol–water partition coefficient (Wildman–Crippen LogP) is 3.36. The predicted molar refractivity (Wildman–Crippen MR) is 82.4 cm³/mol. The number of nitrogens with zero attached hydrogens (tertiary/aromatic N) is 1. The highest BCUT2D eigenvalue weighted by molar-refractivity contribution is 5.90. The Balaban J connectivity index is 5.15. The van der Waals surface area contributed by atoms with Crippen molar-refractivity contribution in [1.29, 1.82) is 5.41 Å². The van der Waals surface area contributed by atoms with Crippen molar-refractivity contribution in [2.24, 2.45) is 28.5 Å². The van der Waals surface area contributed by atoms with Crippen LogP contribution in [0.5, 0.6) is 0 Å². The molecule has 0 bridgehead atoms. The molecule has 4 nitrogen and oxygen atoms in total. The van der Waals surface area contributed by atoms with Crippen LogP contribution in [0.4, 0.5) is 0 Å². The fourth-order valence-electron chi connectivity index (χ4n) is 2.23. The molecule has 0 aromatic heterocycles. The van der Waals surface area contributed by atoms with Gasteiger partial charge in [-0.2, -0.15) is 0 Å². The Labute approximate surface area is 117 Å². The van der Waals surface area contributed by atoms with Crippen LogP contribution < -0.4 is 5.73 Å². The second kappa shape index (κ2) is 8.51. The zero-order chi connectivity index (χ0) is 15.0. The van der Waals surface area contributed by atoms with Gasteiger partial charge in [0.15, 0.2) is 0 Å². The molecule has 0 aliphatic rings. The minimum absolute atomic E-state index is 0.0347. The van der Waals surface area contributed by atoms with Crippen LogP contribution in [0.25, 0.3) is 0 Å². The van der Waals surface area contributed by atoms with Gasteiger partial charge >= 0.3 is 0 Å². The SMILES string of the molecule is C=CC(C(C)C)C(C)CC(/N=C\C)=C(\N)C(=N)OC. The Bertz CT molecular complexity index is 370. The third-order valence-corrected chi connectivity index (χ3v) is 3.26. The summed E-state index contributed by atoms with van der Waals surface area (Å²) in [6, 6.07) is 0. The van der Waals surface area contributed by atoms with Gasteiger partial charge in [-0.15, -0.1) is 6.58 Å². The van der Waals surface area contributed by atoms with Gasteiger partial charge in [-0.1, -0.05) is 26.8 Å². The molecule has 0 saturated heterocycles. The number of methoxy groups -OCH3 is 1. The summed E-state index contributed by atoms with van der Waals surface area (Å²) in [6.45, 7) is 12.2. The standard InChI is InChI=1S/C15H27N3O/c1-7-12(10(3)4)11(5)9-13(18-8-2)14(16)15(17)19-6/h7-8,10-12,17H,1,9,16H2,2-6H3/b14-13+,17-15?,18-8-. The highest BCUT2D eigenvalue weighted by Crippen LogP contribution is 2.28. The quantitative estimate of drug-likeness (QED) is 0.421. The third-order valence-electron chi connectivity index (χ3n) is 3.26. The zero-order valence-electron chi connectivity index (χ0n) is 12.7. The van der Waals surface area contributed by atoms with Crippen LogP contribution >= 0.6 is 0 Å². The van der Waals surface area contributed by atoms with Crippen molar-refractivity contribution in [3.05, 3.63) is 24.0 Å². The van der Waals surface area contributed by atoms with Gasteiger partial charge in [0, 0.05) is 6.21 Å². The molecule has 2 atom stereocenters. The lowest BCUT2D eigenvalue weighted by Gasteiger charge is -2.24. The molecule has 19 heavy (non-hydrogen) atoms. The summed E-state index contributed by atoms with van der Waals surface area (Å²) in [4.78, 5) is 4.28. The van der Waals surface area contributed by atoms with Crippen LogP contribution in [0.2, 0.25) is 0 Å². The van der Waals surface area contributed by atoms with Gasteiger partial charge in [0.1, 0.15) is 5.70 Å². The zero-order valence-corrected chi connectivity index (χ0v) is 12.7. The molecule has 0 heterocycles.